The first-order valence-corrected chi connectivity index (χ1v) is 9.59. The average molecular weight is 379 g/mol. The molecule has 7 nitrogen and oxygen atoms in total. The summed E-state index contributed by atoms with van der Waals surface area (Å²) in [5.41, 5.74) is 9.16. The summed E-state index contributed by atoms with van der Waals surface area (Å²) < 4.78 is 5.28. The van der Waals surface area contributed by atoms with E-state index in [4.69, 9.17) is 20.4 Å². The minimum absolute atomic E-state index is 0.100. The van der Waals surface area contributed by atoms with Crippen LogP contribution in [-0.4, -0.2) is 39.8 Å². The molecule has 0 amide bonds. The van der Waals surface area contributed by atoms with Gasteiger partial charge in [-0.15, -0.1) is 0 Å². The maximum absolute atomic E-state index is 9.59. The zero-order valence-electron chi connectivity index (χ0n) is 16.2. The molecule has 1 fully saturated rings. The van der Waals surface area contributed by atoms with Gasteiger partial charge in [0.1, 0.15) is 11.6 Å². The van der Waals surface area contributed by atoms with Crippen LogP contribution in [0.25, 0.3) is 22.3 Å². The Kier molecular flexibility index (Phi) is 5.00. The van der Waals surface area contributed by atoms with Crippen molar-refractivity contribution in [2.24, 2.45) is 0 Å². The smallest absolute Gasteiger partial charge is 0.229 e. The largest absolute Gasteiger partial charge is 0.496 e. The van der Waals surface area contributed by atoms with E-state index in [2.05, 4.69) is 16.8 Å². The second kappa shape index (κ2) is 7.59. The number of rotatable bonds is 4. The van der Waals surface area contributed by atoms with Gasteiger partial charge in [0.2, 0.25) is 5.95 Å². The number of hydrogen-bond donors (Lipinski definition) is 2. The normalized spacial score (nSPS) is 17.1. The molecule has 1 aliphatic heterocycles. The lowest BCUT2D eigenvalue weighted by molar-refractivity contribution is 0.274. The molecule has 0 radical (unpaired) electrons. The van der Waals surface area contributed by atoms with Gasteiger partial charge in [-0.25, -0.2) is 4.98 Å². The molecule has 1 aromatic carbocycles. The first-order chi connectivity index (χ1) is 13.6. The van der Waals surface area contributed by atoms with Crippen LogP contribution in [0.2, 0.25) is 0 Å². The topological polar surface area (TPSA) is 97.4 Å². The number of aliphatic hydroxyl groups excluding tert-OH is 1. The fourth-order valence-electron chi connectivity index (χ4n) is 3.77. The van der Waals surface area contributed by atoms with E-state index in [0.29, 0.717) is 34.8 Å². The number of nitrogens with zero attached hydrogens (tertiary/aromatic N) is 4. The second-order valence-corrected chi connectivity index (χ2v) is 7.20. The maximum atomic E-state index is 9.59. The monoisotopic (exact) mass is 379 g/mol. The van der Waals surface area contributed by atoms with E-state index in [-0.39, 0.29) is 6.61 Å². The highest BCUT2D eigenvalue weighted by atomic mass is 16.5. The number of benzene rings is 1. The second-order valence-electron chi connectivity index (χ2n) is 7.20. The third-order valence-electron chi connectivity index (χ3n) is 5.38. The summed E-state index contributed by atoms with van der Waals surface area (Å²) in [5.74, 6) is 1.75. The number of hydrogen-bond acceptors (Lipinski definition) is 7. The van der Waals surface area contributed by atoms with E-state index in [1.807, 2.05) is 30.3 Å². The van der Waals surface area contributed by atoms with Gasteiger partial charge >= 0.3 is 0 Å². The molecular weight excluding hydrogens is 354 g/mol. The van der Waals surface area contributed by atoms with Gasteiger partial charge in [-0.05, 0) is 56.5 Å². The molecule has 0 spiro atoms. The van der Waals surface area contributed by atoms with E-state index in [1.165, 1.54) is 6.42 Å². The van der Waals surface area contributed by atoms with Crippen molar-refractivity contribution in [1.29, 1.82) is 0 Å². The molecule has 1 atom stereocenters. The molecular formula is C21H25N5O2. The molecule has 3 heterocycles. The molecule has 3 aromatic rings. The minimum Gasteiger partial charge on any atom is -0.496 e. The first-order valence-electron chi connectivity index (χ1n) is 9.59. The number of nitrogen functional groups attached to an aromatic ring is 1. The van der Waals surface area contributed by atoms with Crippen molar-refractivity contribution < 1.29 is 9.84 Å². The molecule has 1 saturated heterocycles. The van der Waals surface area contributed by atoms with Crippen molar-refractivity contribution in [3.63, 3.8) is 0 Å². The van der Waals surface area contributed by atoms with Crippen molar-refractivity contribution >= 4 is 22.8 Å². The van der Waals surface area contributed by atoms with Crippen LogP contribution in [0.1, 0.15) is 31.7 Å². The molecule has 7 heteroatoms. The summed E-state index contributed by atoms with van der Waals surface area (Å²) in [6.45, 7) is 3.03. The third-order valence-corrected chi connectivity index (χ3v) is 5.38. The van der Waals surface area contributed by atoms with Crippen molar-refractivity contribution in [2.75, 3.05) is 24.3 Å². The van der Waals surface area contributed by atoms with Gasteiger partial charge in [0, 0.05) is 23.7 Å². The SMILES string of the molecule is COc1ccc(-c2ccc3c(N)nc(N4CCCC[C@@H]4C)nc3n2)cc1CO. The number of anilines is 2. The van der Waals surface area contributed by atoms with E-state index in [0.717, 1.165) is 36.0 Å². The van der Waals surface area contributed by atoms with Crippen LogP contribution in [0.5, 0.6) is 5.75 Å². The molecule has 28 heavy (non-hydrogen) atoms. The fourth-order valence-corrected chi connectivity index (χ4v) is 3.77. The maximum Gasteiger partial charge on any atom is 0.229 e. The minimum atomic E-state index is -0.100. The number of ether oxygens (including phenoxy) is 1. The molecule has 1 aliphatic rings. The third kappa shape index (κ3) is 3.33. The van der Waals surface area contributed by atoms with Gasteiger partial charge in [0.25, 0.3) is 0 Å². The highest BCUT2D eigenvalue weighted by molar-refractivity contribution is 5.88. The van der Waals surface area contributed by atoms with Gasteiger partial charge in [-0.1, -0.05) is 0 Å². The van der Waals surface area contributed by atoms with Crippen LogP contribution in [0.4, 0.5) is 11.8 Å². The predicted octanol–water partition coefficient (Wildman–Crippen LogP) is 3.15. The molecule has 3 N–H and O–H groups in total. The zero-order valence-corrected chi connectivity index (χ0v) is 16.2. The molecule has 0 aliphatic carbocycles. The lowest BCUT2D eigenvalue weighted by Crippen LogP contribution is -2.38. The number of methoxy groups -OCH3 is 1. The Morgan fingerprint density at radius 2 is 2.04 bits per heavy atom. The highest BCUT2D eigenvalue weighted by Gasteiger charge is 2.22. The van der Waals surface area contributed by atoms with E-state index in [1.54, 1.807) is 7.11 Å². The van der Waals surface area contributed by atoms with Crippen LogP contribution in [0, 0.1) is 0 Å². The molecule has 0 unspecified atom stereocenters. The van der Waals surface area contributed by atoms with Gasteiger partial charge in [0.15, 0.2) is 5.65 Å². The summed E-state index contributed by atoms with van der Waals surface area (Å²) in [6, 6.07) is 9.83. The Morgan fingerprint density at radius 1 is 1.18 bits per heavy atom. The standard InChI is InChI=1S/C21H25N5O2/c1-13-5-3-4-10-26(13)21-24-19(22)16-7-8-17(23-20(16)25-21)14-6-9-18(28-2)15(11-14)12-27/h6-9,11,13,27H,3-5,10,12H2,1-2H3,(H2,22,23,24,25)/t13-/m0/s1. The van der Waals surface area contributed by atoms with Crippen LogP contribution < -0.4 is 15.4 Å². The Labute approximate surface area is 164 Å². The quantitative estimate of drug-likeness (QED) is 0.718. The molecule has 0 bridgehead atoms. The Balaban J connectivity index is 1.77. The van der Waals surface area contributed by atoms with Crippen LogP contribution in [-0.2, 0) is 6.61 Å². The van der Waals surface area contributed by atoms with Crippen molar-refractivity contribution in [1.82, 2.24) is 15.0 Å². The number of aromatic nitrogens is 3. The summed E-state index contributed by atoms with van der Waals surface area (Å²) in [6.07, 6.45) is 3.49. The van der Waals surface area contributed by atoms with Gasteiger partial charge < -0.3 is 20.5 Å². The number of piperidine rings is 1. The van der Waals surface area contributed by atoms with E-state index in [9.17, 15) is 5.11 Å². The van der Waals surface area contributed by atoms with Crippen molar-refractivity contribution in [2.45, 2.75) is 38.8 Å². The Hall–Kier alpha value is -2.93. The fraction of sp³-hybridized carbons (Fsp3) is 0.381. The predicted molar refractivity (Wildman–Crippen MR) is 110 cm³/mol. The summed E-state index contributed by atoms with van der Waals surface area (Å²) in [7, 11) is 1.59. The number of nitrogens with two attached hydrogens (primary N) is 1. The lowest BCUT2D eigenvalue weighted by atomic mass is 10.0. The summed E-state index contributed by atoms with van der Waals surface area (Å²) >= 11 is 0. The zero-order chi connectivity index (χ0) is 19.7. The van der Waals surface area contributed by atoms with Gasteiger partial charge in [-0.3, -0.25) is 0 Å². The Morgan fingerprint density at radius 3 is 2.79 bits per heavy atom. The van der Waals surface area contributed by atoms with Gasteiger partial charge in [-0.2, -0.15) is 9.97 Å². The molecule has 0 saturated carbocycles. The van der Waals surface area contributed by atoms with Crippen LogP contribution >= 0.6 is 0 Å². The highest BCUT2D eigenvalue weighted by Crippen LogP contribution is 2.29. The molecule has 2 aromatic heterocycles. The summed E-state index contributed by atoms with van der Waals surface area (Å²) in [5, 5.41) is 10.3. The average Bonchev–Trinajstić information content (AvgIpc) is 2.73. The lowest BCUT2D eigenvalue weighted by Gasteiger charge is -2.33. The van der Waals surface area contributed by atoms with E-state index < -0.39 is 0 Å². The van der Waals surface area contributed by atoms with Crippen molar-refractivity contribution in [3.05, 3.63) is 35.9 Å². The van der Waals surface area contributed by atoms with Crippen molar-refractivity contribution in [3.8, 4) is 17.0 Å². The number of fused-ring (bicyclic) bond motifs is 1. The number of pyridine rings is 1. The summed E-state index contributed by atoms with van der Waals surface area (Å²) in [4.78, 5) is 16.2. The Bertz CT molecular complexity index is 1010. The van der Waals surface area contributed by atoms with E-state index >= 15 is 0 Å². The molecule has 4 rings (SSSR count). The first kappa shape index (κ1) is 18.4. The van der Waals surface area contributed by atoms with Gasteiger partial charge in [0.05, 0.1) is 24.8 Å². The molecule has 146 valence electrons. The van der Waals surface area contributed by atoms with Crippen LogP contribution in [0.15, 0.2) is 30.3 Å². The number of aliphatic hydroxyl groups is 1. The van der Waals surface area contributed by atoms with Crippen LogP contribution in [0.3, 0.4) is 0 Å².